The number of ether oxygens (including phenoxy) is 1. The molecule has 0 amide bonds. The lowest BCUT2D eigenvalue weighted by molar-refractivity contribution is 0.0331. The third kappa shape index (κ3) is 3.39. The Morgan fingerprint density at radius 3 is 2.73 bits per heavy atom. The lowest BCUT2D eigenvalue weighted by atomic mass is 9.41. The third-order valence-electron chi connectivity index (χ3n) is 5.17. The van der Waals surface area contributed by atoms with Crippen molar-refractivity contribution in [2.24, 2.45) is 0 Å². The van der Waals surface area contributed by atoms with Gasteiger partial charge in [-0.2, -0.15) is 0 Å². The van der Waals surface area contributed by atoms with E-state index in [2.05, 4.69) is 11.0 Å². The normalized spacial score (nSPS) is 17.9. The van der Waals surface area contributed by atoms with Gasteiger partial charge in [0.2, 0.25) is 0 Å². The van der Waals surface area contributed by atoms with Crippen molar-refractivity contribution in [1.29, 1.82) is 5.26 Å². The van der Waals surface area contributed by atoms with Gasteiger partial charge < -0.3 is 9.84 Å². The van der Waals surface area contributed by atoms with Gasteiger partial charge >= 0.3 is 0 Å². The lowest BCUT2D eigenvalue weighted by Gasteiger charge is -2.33. The Labute approximate surface area is 159 Å². The number of nitrogens with zero attached hydrogens (tertiary/aromatic N) is 2. The smallest absolute Gasteiger partial charge is 0.268 e. The Kier molecular flexibility index (Phi) is 5.43. The van der Waals surface area contributed by atoms with Crippen LogP contribution in [0.15, 0.2) is 30.7 Å². The molecule has 134 valence electrons. The molecule has 2 aliphatic heterocycles. The van der Waals surface area contributed by atoms with Gasteiger partial charge in [0.15, 0.2) is 0 Å². The van der Waals surface area contributed by atoms with E-state index in [9.17, 15) is 5.11 Å². The SMILES string of the molecule is CC.N#CB1CCC2(CC1)CC(c1cnc3ccc(O)cc3c1Cl)=CO2. The Morgan fingerprint density at radius 1 is 1.31 bits per heavy atom. The van der Waals surface area contributed by atoms with Gasteiger partial charge in [0.05, 0.1) is 16.8 Å². The molecule has 6 heteroatoms. The fourth-order valence-electron chi connectivity index (χ4n) is 3.73. The molecule has 2 aliphatic rings. The molecule has 0 bridgehead atoms. The molecule has 2 aromatic rings. The van der Waals surface area contributed by atoms with Crippen molar-refractivity contribution in [3.63, 3.8) is 0 Å². The van der Waals surface area contributed by atoms with Crippen molar-refractivity contribution in [3.05, 3.63) is 41.2 Å². The maximum atomic E-state index is 9.71. The molecule has 1 spiro atoms. The van der Waals surface area contributed by atoms with Gasteiger partial charge in [0.25, 0.3) is 6.71 Å². The van der Waals surface area contributed by atoms with Crippen LogP contribution >= 0.6 is 11.6 Å². The van der Waals surface area contributed by atoms with Gasteiger partial charge in [-0.15, -0.1) is 0 Å². The molecule has 0 unspecified atom stereocenters. The van der Waals surface area contributed by atoms with Crippen LogP contribution in [0.4, 0.5) is 0 Å². The molecule has 0 radical (unpaired) electrons. The van der Waals surface area contributed by atoms with Crippen LogP contribution in [0.1, 0.15) is 38.7 Å². The number of pyridine rings is 1. The van der Waals surface area contributed by atoms with Crippen molar-refractivity contribution in [2.45, 2.75) is 51.4 Å². The summed E-state index contributed by atoms with van der Waals surface area (Å²) in [5.74, 6) is 2.53. The number of rotatable bonds is 1. The van der Waals surface area contributed by atoms with Crippen molar-refractivity contribution in [2.75, 3.05) is 0 Å². The number of halogens is 1. The molecule has 4 nitrogen and oxygen atoms in total. The molecule has 1 fully saturated rings. The van der Waals surface area contributed by atoms with E-state index in [-0.39, 0.29) is 18.1 Å². The molecule has 4 rings (SSSR count). The summed E-state index contributed by atoms with van der Waals surface area (Å²) in [5, 5.41) is 20.1. The van der Waals surface area contributed by atoms with Crippen molar-refractivity contribution < 1.29 is 9.84 Å². The number of phenolic OH excluding ortho intramolecular Hbond substituents is 1. The van der Waals surface area contributed by atoms with Crippen LogP contribution in [0.25, 0.3) is 16.5 Å². The summed E-state index contributed by atoms with van der Waals surface area (Å²) >= 11 is 6.58. The topological polar surface area (TPSA) is 66.1 Å². The minimum Gasteiger partial charge on any atom is -0.508 e. The fraction of sp³-hybridized carbons (Fsp3) is 0.400. The second-order valence-corrected chi connectivity index (χ2v) is 7.09. The van der Waals surface area contributed by atoms with Crippen LogP contribution in [0, 0.1) is 11.2 Å². The molecule has 0 saturated carbocycles. The van der Waals surface area contributed by atoms with Crippen LogP contribution < -0.4 is 0 Å². The van der Waals surface area contributed by atoms with Gasteiger partial charge in [-0.3, -0.25) is 4.98 Å². The number of nitriles is 1. The first-order valence-electron chi connectivity index (χ1n) is 9.14. The van der Waals surface area contributed by atoms with Gasteiger partial charge in [0.1, 0.15) is 11.4 Å². The average Bonchev–Trinajstić information content (AvgIpc) is 3.08. The lowest BCUT2D eigenvalue weighted by Crippen LogP contribution is -2.35. The molecule has 0 atom stereocenters. The van der Waals surface area contributed by atoms with E-state index in [1.54, 1.807) is 30.7 Å². The van der Waals surface area contributed by atoms with Crippen LogP contribution in [0.3, 0.4) is 0 Å². The average molecular weight is 369 g/mol. The summed E-state index contributed by atoms with van der Waals surface area (Å²) < 4.78 is 6.02. The standard InChI is InChI=1S/C18H16BClN2O2.C2H6/c20-17-14-7-13(23)1-2-16(14)22-9-15(17)12-8-18(24-10-12)3-5-19(11-21)6-4-18;1-2/h1-2,7,9-10,23H,3-6,8H2;1-2H3. The minimum absolute atomic E-state index is 0.150. The highest BCUT2D eigenvalue weighted by atomic mass is 35.5. The summed E-state index contributed by atoms with van der Waals surface area (Å²) in [6.07, 6.45) is 7.91. The second-order valence-electron chi connectivity index (χ2n) is 6.71. The monoisotopic (exact) mass is 368 g/mol. The Morgan fingerprint density at radius 2 is 2.04 bits per heavy atom. The molecular formula is C20H22BClN2O2. The Hall–Kier alpha value is -2.19. The van der Waals surface area contributed by atoms with Crippen LogP contribution in [-0.2, 0) is 4.74 Å². The fourth-order valence-corrected chi connectivity index (χ4v) is 4.05. The molecule has 1 saturated heterocycles. The second kappa shape index (κ2) is 7.59. The van der Waals surface area contributed by atoms with Gasteiger partial charge in [0, 0.05) is 35.1 Å². The number of phenols is 1. The molecule has 0 aliphatic carbocycles. The predicted molar refractivity (Wildman–Crippen MR) is 106 cm³/mol. The molecule has 26 heavy (non-hydrogen) atoms. The number of hydrogen-bond donors (Lipinski definition) is 1. The number of fused-ring (bicyclic) bond motifs is 1. The molecular weight excluding hydrogens is 346 g/mol. The Bertz CT molecular complexity index is 883. The summed E-state index contributed by atoms with van der Waals surface area (Å²) in [7, 11) is 0. The van der Waals surface area contributed by atoms with Crippen molar-refractivity contribution in [3.8, 4) is 11.7 Å². The van der Waals surface area contributed by atoms with Crippen molar-refractivity contribution >= 4 is 34.8 Å². The van der Waals surface area contributed by atoms with Crippen LogP contribution in [0.5, 0.6) is 5.75 Å². The number of benzene rings is 1. The quantitative estimate of drug-likeness (QED) is 0.678. The number of aromatic hydroxyl groups is 1. The first-order valence-corrected chi connectivity index (χ1v) is 9.52. The van der Waals surface area contributed by atoms with Gasteiger partial charge in [-0.05, 0) is 31.0 Å². The maximum Gasteiger partial charge on any atom is 0.268 e. The largest absolute Gasteiger partial charge is 0.508 e. The summed E-state index contributed by atoms with van der Waals surface area (Å²) in [6, 6.07) is 4.99. The van der Waals surface area contributed by atoms with E-state index in [0.29, 0.717) is 5.02 Å². The van der Waals surface area contributed by atoms with E-state index >= 15 is 0 Å². The third-order valence-corrected chi connectivity index (χ3v) is 5.58. The predicted octanol–water partition coefficient (Wildman–Crippen LogP) is 5.47. The zero-order valence-corrected chi connectivity index (χ0v) is 15.9. The molecule has 1 aromatic carbocycles. The molecule has 3 heterocycles. The highest BCUT2D eigenvalue weighted by molar-refractivity contribution is 6.67. The Balaban J connectivity index is 0.000000948. The number of aromatic nitrogens is 1. The zero-order chi connectivity index (χ0) is 18.7. The molecule has 1 aromatic heterocycles. The van der Waals surface area contributed by atoms with E-state index in [0.717, 1.165) is 53.9 Å². The number of hydrogen-bond acceptors (Lipinski definition) is 4. The highest BCUT2D eigenvalue weighted by Gasteiger charge is 2.42. The maximum absolute atomic E-state index is 9.71. The van der Waals surface area contributed by atoms with Crippen molar-refractivity contribution in [1.82, 2.24) is 4.98 Å². The van der Waals surface area contributed by atoms with Gasteiger partial charge in [-0.25, -0.2) is 5.26 Å². The minimum atomic E-state index is -0.195. The summed E-state index contributed by atoms with van der Waals surface area (Å²) in [6.45, 7) is 4.15. The first-order chi connectivity index (χ1) is 12.6. The zero-order valence-electron chi connectivity index (χ0n) is 15.1. The highest BCUT2D eigenvalue weighted by Crippen LogP contribution is 2.46. The summed E-state index contributed by atoms with van der Waals surface area (Å²) in [4.78, 5) is 4.45. The van der Waals surface area contributed by atoms with E-state index in [1.807, 2.05) is 13.8 Å². The van der Waals surface area contributed by atoms with Crippen LogP contribution in [0.2, 0.25) is 17.7 Å². The van der Waals surface area contributed by atoms with E-state index in [1.165, 1.54) is 0 Å². The van der Waals surface area contributed by atoms with Crippen LogP contribution in [-0.4, -0.2) is 22.4 Å². The summed E-state index contributed by atoms with van der Waals surface area (Å²) in [5.41, 5.74) is 2.45. The first kappa shape index (κ1) is 18.6. The van der Waals surface area contributed by atoms with E-state index in [4.69, 9.17) is 21.6 Å². The van der Waals surface area contributed by atoms with E-state index < -0.39 is 0 Å². The molecule has 1 N–H and O–H groups in total. The van der Waals surface area contributed by atoms with Gasteiger partial charge in [-0.1, -0.05) is 38.1 Å².